The first-order valence-electron chi connectivity index (χ1n) is 5.67. The van der Waals surface area contributed by atoms with Crippen LogP contribution in [0.15, 0.2) is 37.1 Å². The number of nitrogens with zero attached hydrogens (tertiary/aromatic N) is 3. The normalized spacial score (nSPS) is 10.1. The zero-order valence-electron chi connectivity index (χ0n) is 10.1. The summed E-state index contributed by atoms with van der Waals surface area (Å²) in [7, 11) is 1.78. The van der Waals surface area contributed by atoms with Crippen molar-refractivity contribution in [3.63, 3.8) is 0 Å². The second kappa shape index (κ2) is 5.81. The minimum atomic E-state index is -0.120. The van der Waals surface area contributed by atoms with E-state index < -0.39 is 0 Å². The third-order valence-electron chi connectivity index (χ3n) is 2.50. The number of carbonyl (C=O) groups excluding carboxylic acids is 1. The van der Waals surface area contributed by atoms with Crippen molar-refractivity contribution in [2.45, 2.75) is 6.54 Å². The Balaban J connectivity index is 1.83. The van der Waals surface area contributed by atoms with E-state index in [1.165, 1.54) is 0 Å². The number of hydrogen-bond donors (Lipinski definition) is 2. The molecule has 0 aliphatic rings. The van der Waals surface area contributed by atoms with Crippen molar-refractivity contribution in [3.05, 3.63) is 42.6 Å². The fourth-order valence-electron chi connectivity index (χ4n) is 1.50. The lowest BCUT2D eigenvalue weighted by atomic mass is 10.2. The van der Waals surface area contributed by atoms with Gasteiger partial charge in [-0.05, 0) is 12.1 Å². The standard InChI is InChI=1S/C12H15N5O/c1-13-11-3-2-10(8-16-11)12(18)15-5-7-17-6-4-14-9-17/h2-4,6,8-9H,5,7H2,1H3,(H,13,16)(H,15,18). The minimum absolute atomic E-state index is 0.120. The van der Waals surface area contributed by atoms with E-state index in [0.717, 1.165) is 5.82 Å². The molecule has 0 aliphatic carbocycles. The summed E-state index contributed by atoms with van der Waals surface area (Å²) < 4.78 is 1.91. The van der Waals surface area contributed by atoms with Crippen LogP contribution in [0.4, 0.5) is 5.82 Å². The number of hydrogen-bond acceptors (Lipinski definition) is 4. The third-order valence-corrected chi connectivity index (χ3v) is 2.50. The molecule has 0 fully saturated rings. The molecule has 2 N–H and O–H groups in total. The maximum Gasteiger partial charge on any atom is 0.252 e. The largest absolute Gasteiger partial charge is 0.373 e. The molecule has 0 unspecified atom stereocenters. The van der Waals surface area contributed by atoms with Crippen LogP contribution in [0, 0.1) is 0 Å². The molecule has 0 spiro atoms. The highest BCUT2D eigenvalue weighted by molar-refractivity contribution is 5.93. The molecule has 2 aromatic rings. The Labute approximate surface area is 105 Å². The van der Waals surface area contributed by atoms with Crippen LogP contribution < -0.4 is 10.6 Å². The fraction of sp³-hybridized carbons (Fsp3) is 0.250. The SMILES string of the molecule is CNc1ccc(C(=O)NCCn2ccnc2)cn1. The van der Waals surface area contributed by atoms with Crippen LogP contribution >= 0.6 is 0 Å². The Morgan fingerprint density at radius 3 is 2.94 bits per heavy atom. The monoisotopic (exact) mass is 245 g/mol. The lowest BCUT2D eigenvalue weighted by Gasteiger charge is -2.06. The summed E-state index contributed by atoms with van der Waals surface area (Å²) in [5, 5.41) is 5.73. The van der Waals surface area contributed by atoms with E-state index in [4.69, 9.17) is 0 Å². The fourth-order valence-corrected chi connectivity index (χ4v) is 1.50. The molecule has 0 saturated heterocycles. The van der Waals surface area contributed by atoms with Gasteiger partial charge in [-0.15, -0.1) is 0 Å². The molecule has 94 valence electrons. The molecule has 0 atom stereocenters. The number of aromatic nitrogens is 3. The lowest BCUT2D eigenvalue weighted by Crippen LogP contribution is -2.27. The van der Waals surface area contributed by atoms with Gasteiger partial charge >= 0.3 is 0 Å². The second-order valence-electron chi connectivity index (χ2n) is 3.74. The molecule has 0 aromatic carbocycles. The molecule has 0 bridgehead atoms. The molecule has 2 rings (SSSR count). The first kappa shape index (κ1) is 12.1. The summed E-state index contributed by atoms with van der Waals surface area (Å²) in [5.41, 5.74) is 0.555. The number of pyridine rings is 1. The van der Waals surface area contributed by atoms with Gasteiger partial charge in [0.1, 0.15) is 5.82 Å². The van der Waals surface area contributed by atoms with Gasteiger partial charge in [0, 0.05) is 38.7 Å². The summed E-state index contributed by atoms with van der Waals surface area (Å²) in [6.07, 6.45) is 6.84. The molecular formula is C12H15N5O. The molecule has 6 nitrogen and oxygen atoms in total. The summed E-state index contributed by atoms with van der Waals surface area (Å²) in [4.78, 5) is 19.8. The van der Waals surface area contributed by atoms with Crippen LogP contribution in [-0.2, 0) is 6.54 Å². The highest BCUT2D eigenvalue weighted by Gasteiger charge is 2.04. The molecule has 2 heterocycles. The van der Waals surface area contributed by atoms with E-state index in [1.54, 1.807) is 37.9 Å². The molecule has 0 saturated carbocycles. The molecule has 6 heteroatoms. The number of rotatable bonds is 5. The zero-order chi connectivity index (χ0) is 12.8. The van der Waals surface area contributed by atoms with Gasteiger partial charge in [0.25, 0.3) is 5.91 Å². The van der Waals surface area contributed by atoms with Crippen molar-refractivity contribution in [3.8, 4) is 0 Å². The molecule has 0 radical (unpaired) electrons. The Hall–Kier alpha value is -2.37. The van der Waals surface area contributed by atoms with E-state index in [0.29, 0.717) is 18.7 Å². The van der Waals surface area contributed by atoms with Gasteiger partial charge in [-0.1, -0.05) is 0 Å². The smallest absolute Gasteiger partial charge is 0.252 e. The highest BCUT2D eigenvalue weighted by Crippen LogP contribution is 2.03. The van der Waals surface area contributed by atoms with Gasteiger partial charge in [0.15, 0.2) is 0 Å². The Morgan fingerprint density at radius 1 is 1.44 bits per heavy atom. The predicted octanol–water partition coefficient (Wildman–Crippen LogP) is 0.750. The summed E-state index contributed by atoms with van der Waals surface area (Å²) in [6.45, 7) is 1.26. The first-order valence-corrected chi connectivity index (χ1v) is 5.67. The van der Waals surface area contributed by atoms with Gasteiger partial charge in [-0.25, -0.2) is 9.97 Å². The van der Waals surface area contributed by atoms with Crippen molar-refractivity contribution in [1.29, 1.82) is 0 Å². The van der Waals surface area contributed by atoms with Crippen molar-refractivity contribution in [1.82, 2.24) is 19.9 Å². The van der Waals surface area contributed by atoms with Gasteiger partial charge in [-0.3, -0.25) is 4.79 Å². The van der Waals surface area contributed by atoms with Gasteiger partial charge in [0.05, 0.1) is 11.9 Å². The van der Waals surface area contributed by atoms with Crippen molar-refractivity contribution in [2.75, 3.05) is 18.9 Å². The average molecular weight is 245 g/mol. The van der Waals surface area contributed by atoms with E-state index in [9.17, 15) is 4.79 Å². The average Bonchev–Trinajstić information content (AvgIpc) is 2.92. The van der Waals surface area contributed by atoms with E-state index in [2.05, 4.69) is 20.6 Å². The van der Waals surface area contributed by atoms with Gasteiger partial charge in [-0.2, -0.15) is 0 Å². The van der Waals surface area contributed by atoms with Crippen LogP contribution in [0.3, 0.4) is 0 Å². The second-order valence-corrected chi connectivity index (χ2v) is 3.74. The number of amides is 1. The summed E-state index contributed by atoms with van der Waals surface area (Å²) >= 11 is 0. The first-order chi connectivity index (χ1) is 8.79. The number of nitrogens with one attached hydrogen (secondary N) is 2. The Kier molecular flexibility index (Phi) is 3.90. The van der Waals surface area contributed by atoms with Crippen LogP contribution in [0.1, 0.15) is 10.4 Å². The molecule has 2 aromatic heterocycles. The zero-order valence-corrected chi connectivity index (χ0v) is 10.1. The van der Waals surface area contributed by atoms with E-state index >= 15 is 0 Å². The number of imidazole rings is 1. The molecule has 18 heavy (non-hydrogen) atoms. The van der Waals surface area contributed by atoms with Gasteiger partial charge < -0.3 is 15.2 Å². The van der Waals surface area contributed by atoms with Crippen LogP contribution in [-0.4, -0.2) is 34.0 Å². The summed E-state index contributed by atoms with van der Waals surface area (Å²) in [5.74, 6) is 0.621. The predicted molar refractivity (Wildman–Crippen MR) is 68.3 cm³/mol. The maximum absolute atomic E-state index is 11.8. The Morgan fingerprint density at radius 2 is 2.33 bits per heavy atom. The number of anilines is 1. The third kappa shape index (κ3) is 3.07. The highest BCUT2D eigenvalue weighted by atomic mass is 16.1. The van der Waals surface area contributed by atoms with E-state index in [-0.39, 0.29) is 5.91 Å². The van der Waals surface area contributed by atoms with Crippen molar-refractivity contribution < 1.29 is 4.79 Å². The molecule has 1 amide bonds. The van der Waals surface area contributed by atoms with Crippen LogP contribution in [0.5, 0.6) is 0 Å². The van der Waals surface area contributed by atoms with Crippen LogP contribution in [0.25, 0.3) is 0 Å². The maximum atomic E-state index is 11.8. The van der Waals surface area contributed by atoms with Crippen molar-refractivity contribution in [2.24, 2.45) is 0 Å². The van der Waals surface area contributed by atoms with Crippen LogP contribution in [0.2, 0.25) is 0 Å². The molecular weight excluding hydrogens is 230 g/mol. The topological polar surface area (TPSA) is 71.8 Å². The quantitative estimate of drug-likeness (QED) is 0.815. The summed E-state index contributed by atoms with van der Waals surface area (Å²) in [6, 6.07) is 3.51. The lowest BCUT2D eigenvalue weighted by molar-refractivity contribution is 0.0952. The van der Waals surface area contributed by atoms with Crippen molar-refractivity contribution >= 4 is 11.7 Å². The van der Waals surface area contributed by atoms with E-state index in [1.807, 2.05) is 10.8 Å². The number of carbonyl (C=O) groups is 1. The van der Waals surface area contributed by atoms with Gasteiger partial charge in [0.2, 0.25) is 0 Å². The Bertz CT molecular complexity index is 492. The minimum Gasteiger partial charge on any atom is -0.373 e. The molecule has 0 aliphatic heterocycles.